The summed E-state index contributed by atoms with van der Waals surface area (Å²) in [6.07, 6.45) is 0.271. The van der Waals surface area contributed by atoms with Crippen molar-refractivity contribution in [2.45, 2.75) is 12.8 Å². The summed E-state index contributed by atoms with van der Waals surface area (Å²) in [5, 5.41) is 18.2. The molecule has 8 heteroatoms. The maximum atomic E-state index is 12.9. The summed E-state index contributed by atoms with van der Waals surface area (Å²) in [5.41, 5.74) is 2.39. The summed E-state index contributed by atoms with van der Waals surface area (Å²) in [7, 11) is 0. The first kappa shape index (κ1) is 22.9. The van der Waals surface area contributed by atoms with Gasteiger partial charge in [0.1, 0.15) is 0 Å². The number of carbonyl (C=O) groups is 2. The van der Waals surface area contributed by atoms with Gasteiger partial charge in [-0.25, -0.2) is 9.78 Å². The zero-order chi connectivity index (χ0) is 22.9. The standard InChI is InChI=1S/C24H19BrN4O3/c25-18-9-7-17(8-10-18)22-15-20(19-5-1-2-6-21(19)28-22)24(31)32-16-23(30)29(13-3-11-26)14-4-12-27/h1-2,5-10,15H,3-4,13-14,16H2. The van der Waals surface area contributed by atoms with Gasteiger partial charge in [-0.1, -0.05) is 46.3 Å². The molecule has 0 bridgehead atoms. The first-order chi connectivity index (χ1) is 15.5. The first-order valence-electron chi connectivity index (χ1n) is 9.88. The van der Waals surface area contributed by atoms with E-state index in [0.29, 0.717) is 22.2 Å². The van der Waals surface area contributed by atoms with E-state index >= 15 is 0 Å². The summed E-state index contributed by atoms with van der Waals surface area (Å²) in [6, 6.07) is 20.4. The van der Waals surface area contributed by atoms with Gasteiger partial charge in [-0.15, -0.1) is 0 Å². The Bertz CT molecular complexity index is 1190. The van der Waals surface area contributed by atoms with E-state index in [2.05, 4.69) is 20.9 Å². The van der Waals surface area contributed by atoms with E-state index < -0.39 is 18.5 Å². The number of nitriles is 2. The molecule has 0 saturated heterocycles. The first-order valence-corrected chi connectivity index (χ1v) is 10.7. The number of ether oxygens (including phenoxy) is 1. The van der Waals surface area contributed by atoms with Crippen molar-refractivity contribution in [2.24, 2.45) is 0 Å². The molecule has 1 aromatic heterocycles. The zero-order valence-corrected chi connectivity index (χ0v) is 18.7. The molecule has 0 aliphatic carbocycles. The van der Waals surface area contributed by atoms with Gasteiger partial charge in [0.15, 0.2) is 6.61 Å². The summed E-state index contributed by atoms with van der Waals surface area (Å²) in [6.45, 7) is -0.110. The lowest BCUT2D eigenvalue weighted by atomic mass is 10.0. The van der Waals surface area contributed by atoms with Crippen molar-refractivity contribution < 1.29 is 14.3 Å². The minimum absolute atomic E-state index is 0.136. The van der Waals surface area contributed by atoms with Crippen LogP contribution in [-0.2, 0) is 9.53 Å². The molecule has 0 aliphatic rings. The quantitative estimate of drug-likeness (QED) is 0.430. The van der Waals surface area contributed by atoms with Gasteiger partial charge in [-0.3, -0.25) is 4.79 Å². The highest BCUT2D eigenvalue weighted by molar-refractivity contribution is 9.10. The second-order valence-electron chi connectivity index (χ2n) is 6.85. The van der Waals surface area contributed by atoms with Crippen LogP contribution in [0.3, 0.4) is 0 Å². The highest BCUT2D eigenvalue weighted by Gasteiger charge is 2.19. The Balaban J connectivity index is 1.84. The Morgan fingerprint density at radius 1 is 1.00 bits per heavy atom. The van der Waals surface area contributed by atoms with Gasteiger partial charge < -0.3 is 9.64 Å². The summed E-state index contributed by atoms with van der Waals surface area (Å²) in [4.78, 5) is 31.4. The predicted molar refractivity (Wildman–Crippen MR) is 122 cm³/mol. The number of hydrogen-bond acceptors (Lipinski definition) is 6. The number of nitrogens with zero attached hydrogens (tertiary/aromatic N) is 4. The van der Waals surface area contributed by atoms with Gasteiger partial charge in [0, 0.05) is 28.5 Å². The minimum atomic E-state index is -0.643. The molecule has 0 unspecified atom stereocenters. The minimum Gasteiger partial charge on any atom is -0.452 e. The lowest BCUT2D eigenvalue weighted by Crippen LogP contribution is -2.36. The molecule has 3 rings (SSSR count). The molecule has 0 spiro atoms. The molecule has 0 aliphatic heterocycles. The van der Waals surface area contributed by atoms with Gasteiger partial charge >= 0.3 is 5.97 Å². The fourth-order valence-electron chi connectivity index (χ4n) is 3.14. The van der Waals surface area contributed by atoms with Crippen molar-refractivity contribution in [3.05, 3.63) is 64.6 Å². The van der Waals surface area contributed by atoms with Crippen molar-refractivity contribution >= 4 is 38.7 Å². The number of fused-ring (bicyclic) bond motifs is 1. The van der Waals surface area contributed by atoms with E-state index in [4.69, 9.17) is 15.3 Å². The van der Waals surface area contributed by atoms with E-state index in [0.717, 1.165) is 10.0 Å². The molecule has 160 valence electrons. The maximum absolute atomic E-state index is 12.9. The Labute approximate surface area is 194 Å². The normalized spacial score (nSPS) is 10.2. The van der Waals surface area contributed by atoms with Crippen molar-refractivity contribution in [1.29, 1.82) is 10.5 Å². The average Bonchev–Trinajstić information content (AvgIpc) is 2.82. The average molecular weight is 491 g/mol. The molecule has 3 aromatic rings. The van der Waals surface area contributed by atoms with Crippen LogP contribution in [0.2, 0.25) is 0 Å². The molecule has 0 fully saturated rings. The van der Waals surface area contributed by atoms with E-state index in [1.54, 1.807) is 18.2 Å². The third kappa shape index (κ3) is 5.69. The topological polar surface area (TPSA) is 107 Å². The molecular formula is C24H19BrN4O3. The van der Waals surface area contributed by atoms with Crippen molar-refractivity contribution in [2.75, 3.05) is 19.7 Å². The van der Waals surface area contributed by atoms with Crippen LogP contribution in [0.5, 0.6) is 0 Å². The van der Waals surface area contributed by atoms with Crippen molar-refractivity contribution in [1.82, 2.24) is 9.88 Å². The smallest absolute Gasteiger partial charge is 0.339 e. The van der Waals surface area contributed by atoms with Crippen LogP contribution < -0.4 is 0 Å². The molecule has 32 heavy (non-hydrogen) atoms. The van der Waals surface area contributed by atoms with Crippen molar-refractivity contribution in [3.63, 3.8) is 0 Å². The number of carbonyl (C=O) groups excluding carboxylic acids is 2. The second-order valence-corrected chi connectivity index (χ2v) is 7.77. The number of pyridine rings is 1. The van der Waals surface area contributed by atoms with Gasteiger partial charge in [-0.2, -0.15) is 10.5 Å². The molecule has 1 amide bonds. The third-order valence-electron chi connectivity index (χ3n) is 4.74. The van der Waals surface area contributed by atoms with Crippen LogP contribution in [0.15, 0.2) is 59.1 Å². The van der Waals surface area contributed by atoms with Gasteiger partial charge in [-0.05, 0) is 24.3 Å². The monoisotopic (exact) mass is 490 g/mol. The number of benzene rings is 2. The molecule has 2 aromatic carbocycles. The van der Waals surface area contributed by atoms with E-state index in [-0.39, 0.29) is 25.9 Å². The van der Waals surface area contributed by atoms with Crippen LogP contribution in [0, 0.1) is 22.7 Å². The second kappa shape index (κ2) is 11.0. The van der Waals surface area contributed by atoms with Gasteiger partial charge in [0.2, 0.25) is 0 Å². The van der Waals surface area contributed by atoms with Gasteiger partial charge in [0.25, 0.3) is 5.91 Å². The van der Waals surface area contributed by atoms with Crippen LogP contribution >= 0.6 is 15.9 Å². The fourth-order valence-corrected chi connectivity index (χ4v) is 3.40. The van der Waals surface area contributed by atoms with Gasteiger partial charge in [0.05, 0.1) is 41.8 Å². The highest BCUT2D eigenvalue weighted by atomic mass is 79.9. The fraction of sp³-hybridized carbons (Fsp3) is 0.208. The summed E-state index contributed by atoms with van der Waals surface area (Å²) in [5.74, 6) is -1.09. The van der Waals surface area contributed by atoms with Crippen LogP contribution in [0.25, 0.3) is 22.2 Å². The number of para-hydroxylation sites is 1. The largest absolute Gasteiger partial charge is 0.452 e. The van der Waals surface area contributed by atoms with Crippen LogP contribution in [0.4, 0.5) is 0 Å². The Kier molecular flexibility index (Phi) is 7.91. The zero-order valence-electron chi connectivity index (χ0n) is 17.1. The summed E-state index contributed by atoms with van der Waals surface area (Å²) < 4.78 is 6.25. The van der Waals surface area contributed by atoms with Crippen LogP contribution in [-0.4, -0.2) is 41.5 Å². The lowest BCUT2D eigenvalue weighted by molar-refractivity contribution is -0.134. The van der Waals surface area contributed by atoms with Crippen molar-refractivity contribution in [3.8, 4) is 23.4 Å². The maximum Gasteiger partial charge on any atom is 0.339 e. The molecule has 0 atom stereocenters. The number of halogens is 1. The molecule has 7 nitrogen and oxygen atoms in total. The highest BCUT2D eigenvalue weighted by Crippen LogP contribution is 2.26. The lowest BCUT2D eigenvalue weighted by Gasteiger charge is -2.20. The summed E-state index contributed by atoms with van der Waals surface area (Å²) >= 11 is 3.41. The Hall–Kier alpha value is -3.75. The molecule has 0 radical (unpaired) electrons. The third-order valence-corrected chi connectivity index (χ3v) is 5.27. The number of esters is 1. The Morgan fingerprint density at radius 3 is 2.31 bits per heavy atom. The number of rotatable bonds is 8. The number of amides is 1. The van der Waals surface area contributed by atoms with Crippen LogP contribution in [0.1, 0.15) is 23.2 Å². The molecular weight excluding hydrogens is 472 g/mol. The molecule has 0 saturated carbocycles. The van der Waals surface area contributed by atoms with E-state index in [9.17, 15) is 9.59 Å². The Morgan fingerprint density at radius 2 is 1.66 bits per heavy atom. The molecule has 0 N–H and O–H groups in total. The number of aromatic nitrogens is 1. The van der Waals surface area contributed by atoms with E-state index in [1.807, 2.05) is 48.5 Å². The molecule has 1 heterocycles. The predicted octanol–water partition coefficient (Wildman–Crippen LogP) is 4.48. The van der Waals surface area contributed by atoms with E-state index in [1.165, 1.54) is 4.90 Å². The SMILES string of the molecule is N#CCCN(CCC#N)C(=O)COC(=O)c1cc(-c2ccc(Br)cc2)nc2ccccc12. The number of hydrogen-bond donors (Lipinski definition) is 0.